The molecular formula is C13H11FO2S. The molecule has 0 aliphatic carbocycles. The lowest BCUT2D eigenvalue weighted by molar-refractivity contribution is 0.0701. The van der Waals surface area contributed by atoms with Crippen molar-refractivity contribution < 1.29 is 14.3 Å². The molecule has 2 nitrogen and oxygen atoms in total. The van der Waals surface area contributed by atoms with Gasteiger partial charge < -0.3 is 5.11 Å². The van der Waals surface area contributed by atoms with E-state index in [9.17, 15) is 9.18 Å². The summed E-state index contributed by atoms with van der Waals surface area (Å²) in [5.74, 6) is -0.996. The smallest absolute Gasteiger partial charge is 0.346 e. The molecule has 1 aromatic heterocycles. The molecule has 0 aliphatic heterocycles. The van der Waals surface area contributed by atoms with Crippen molar-refractivity contribution in [3.8, 4) is 11.1 Å². The molecule has 0 fully saturated rings. The summed E-state index contributed by atoms with van der Waals surface area (Å²) in [7, 11) is 0. The lowest BCUT2D eigenvalue weighted by Gasteiger charge is -2.03. The van der Waals surface area contributed by atoms with E-state index in [0.717, 1.165) is 22.5 Å². The third kappa shape index (κ3) is 2.08. The number of aromatic carboxylic acids is 1. The van der Waals surface area contributed by atoms with E-state index in [1.54, 1.807) is 6.92 Å². The minimum atomic E-state index is -0.996. The SMILES string of the molecule is Cc1c(C(=O)O)sc(CF)c1-c1ccccc1. The second kappa shape index (κ2) is 4.67. The van der Waals surface area contributed by atoms with Crippen LogP contribution in [0.15, 0.2) is 30.3 Å². The molecule has 0 bridgehead atoms. The molecule has 2 rings (SSSR count). The van der Waals surface area contributed by atoms with Crippen LogP contribution in [-0.2, 0) is 6.67 Å². The molecule has 0 saturated heterocycles. The Morgan fingerprint density at radius 2 is 2.00 bits per heavy atom. The van der Waals surface area contributed by atoms with Crippen LogP contribution in [-0.4, -0.2) is 11.1 Å². The maximum absolute atomic E-state index is 12.9. The predicted octanol–water partition coefficient (Wildman–Crippen LogP) is 3.89. The second-order valence-electron chi connectivity index (χ2n) is 3.66. The van der Waals surface area contributed by atoms with Gasteiger partial charge in [-0.1, -0.05) is 30.3 Å². The molecule has 1 heterocycles. The van der Waals surface area contributed by atoms with E-state index in [1.807, 2.05) is 30.3 Å². The van der Waals surface area contributed by atoms with Gasteiger partial charge in [-0.15, -0.1) is 11.3 Å². The molecule has 1 aromatic carbocycles. The molecular weight excluding hydrogens is 239 g/mol. The Morgan fingerprint density at radius 3 is 2.53 bits per heavy atom. The standard InChI is InChI=1S/C13H11FO2S/c1-8-11(9-5-3-2-4-6-9)10(7-14)17-12(8)13(15)16/h2-6H,7H2,1H3,(H,15,16). The number of thiophene rings is 1. The summed E-state index contributed by atoms with van der Waals surface area (Å²) in [4.78, 5) is 11.7. The normalized spacial score (nSPS) is 10.5. The second-order valence-corrected chi connectivity index (χ2v) is 4.76. The van der Waals surface area contributed by atoms with Crippen molar-refractivity contribution in [2.24, 2.45) is 0 Å². The molecule has 17 heavy (non-hydrogen) atoms. The highest BCUT2D eigenvalue weighted by atomic mass is 32.1. The number of hydrogen-bond acceptors (Lipinski definition) is 2. The van der Waals surface area contributed by atoms with Crippen LogP contribution in [0.4, 0.5) is 4.39 Å². The van der Waals surface area contributed by atoms with Gasteiger partial charge in [0, 0.05) is 10.4 Å². The summed E-state index contributed by atoms with van der Waals surface area (Å²) in [6.45, 7) is 1.09. The van der Waals surface area contributed by atoms with E-state index in [1.165, 1.54) is 0 Å². The summed E-state index contributed by atoms with van der Waals surface area (Å²) >= 11 is 1.01. The first-order valence-electron chi connectivity index (χ1n) is 5.12. The lowest BCUT2D eigenvalue weighted by atomic mass is 10.0. The first kappa shape index (κ1) is 11.8. The first-order valence-corrected chi connectivity index (χ1v) is 5.93. The van der Waals surface area contributed by atoms with Crippen LogP contribution in [0.3, 0.4) is 0 Å². The van der Waals surface area contributed by atoms with Gasteiger partial charge >= 0.3 is 5.97 Å². The molecule has 0 amide bonds. The third-order valence-corrected chi connectivity index (χ3v) is 3.84. The molecule has 0 spiro atoms. The number of alkyl halides is 1. The number of rotatable bonds is 3. The van der Waals surface area contributed by atoms with Crippen LogP contribution < -0.4 is 0 Å². The minimum absolute atomic E-state index is 0.219. The number of carboxylic acid groups (broad SMARTS) is 1. The van der Waals surface area contributed by atoms with Crippen molar-refractivity contribution in [2.45, 2.75) is 13.6 Å². The number of carbonyl (C=O) groups is 1. The maximum atomic E-state index is 12.9. The molecule has 2 aromatic rings. The largest absolute Gasteiger partial charge is 0.477 e. The van der Waals surface area contributed by atoms with E-state index in [4.69, 9.17) is 5.11 Å². The molecule has 0 unspecified atom stereocenters. The van der Waals surface area contributed by atoms with Crippen molar-refractivity contribution in [1.82, 2.24) is 0 Å². The van der Waals surface area contributed by atoms with Crippen molar-refractivity contribution in [2.75, 3.05) is 0 Å². The average molecular weight is 250 g/mol. The highest BCUT2D eigenvalue weighted by molar-refractivity contribution is 7.14. The summed E-state index contributed by atoms with van der Waals surface area (Å²) in [5, 5.41) is 9.03. The van der Waals surface area contributed by atoms with Crippen LogP contribution in [0.25, 0.3) is 11.1 Å². The van der Waals surface area contributed by atoms with E-state index in [2.05, 4.69) is 0 Å². The summed E-state index contributed by atoms with van der Waals surface area (Å²) < 4.78 is 12.9. The number of benzene rings is 1. The minimum Gasteiger partial charge on any atom is -0.477 e. The zero-order valence-corrected chi connectivity index (χ0v) is 10.1. The summed E-state index contributed by atoms with van der Waals surface area (Å²) in [6, 6.07) is 9.31. The average Bonchev–Trinajstić information content (AvgIpc) is 2.67. The Kier molecular flexibility index (Phi) is 3.24. The van der Waals surface area contributed by atoms with Crippen LogP contribution in [0.5, 0.6) is 0 Å². The van der Waals surface area contributed by atoms with Crippen molar-refractivity contribution in [1.29, 1.82) is 0 Å². The van der Waals surface area contributed by atoms with Gasteiger partial charge in [-0.3, -0.25) is 0 Å². The summed E-state index contributed by atoms with van der Waals surface area (Å²) in [5.41, 5.74) is 2.22. The van der Waals surface area contributed by atoms with Gasteiger partial charge in [0.1, 0.15) is 11.6 Å². The van der Waals surface area contributed by atoms with Crippen LogP contribution in [0, 0.1) is 6.92 Å². The Hall–Kier alpha value is -1.68. The highest BCUT2D eigenvalue weighted by Crippen LogP contribution is 2.36. The van der Waals surface area contributed by atoms with Gasteiger partial charge in [-0.05, 0) is 18.1 Å². The predicted molar refractivity (Wildman–Crippen MR) is 66.3 cm³/mol. The molecule has 0 saturated carbocycles. The maximum Gasteiger partial charge on any atom is 0.346 e. The number of halogens is 1. The molecule has 88 valence electrons. The van der Waals surface area contributed by atoms with Gasteiger partial charge in [0.05, 0.1) is 0 Å². The summed E-state index contributed by atoms with van der Waals surface area (Å²) in [6.07, 6.45) is 0. The van der Waals surface area contributed by atoms with Gasteiger partial charge in [-0.2, -0.15) is 0 Å². The molecule has 0 aliphatic rings. The fourth-order valence-corrected chi connectivity index (χ4v) is 2.87. The zero-order chi connectivity index (χ0) is 12.4. The van der Waals surface area contributed by atoms with Crippen molar-refractivity contribution in [3.05, 3.63) is 45.6 Å². The van der Waals surface area contributed by atoms with E-state index in [0.29, 0.717) is 10.4 Å². The molecule has 1 N–H and O–H groups in total. The monoisotopic (exact) mass is 250 g/mol. The molecule has 0 atom stereocenters. The fraction of sp³-hybridized carbons (Fsp3) is 0.154. The number of hydrogen-bond donors (Lipinski definition) is 1. The zero-order valence-electron chi connectivity index (χ0n) is 9.24. The van der Waals surface area contributed by atoms with Gasteiger partial charge in [0.2, 0.25) is 0 Å². The highest BCUT2D eigenvalue weighted by Gasteiger charge is 2.20. The Labute approximate surface area is 102 Å². The van der Waals surface area contributed by atoms with E-state index >= 15 is 0 Å². The van der Waals surface area contributed by atoms with Crippen LogP contribution >= 0.6 is 11.3 Å². The van der Waals surface area contributed by atoms with Gasteiger partial charge in [-0.25, -0.2) is 9.18 Å². The fourth-order valence-electron chi connectivity index (χ4n) is 1.85. The number of carboxylic acids is 1. The van der Waals surface area contributed by atoms with Gasteiger partial charge in [0.25, 0.3) is 0 Å². The van der Waals surface area contributed by atoms with Crippen LogP contribution in [0.2, 0.25) is 0 Å². The Bertz CT molecular complexity index is 546. The Balaban J connectivity index is 2.64. The first-order chi connectivity index (χ1) is 8.15. The van der Waals surface area contributed by atoms with Crippen molar-refractivity contribution >= 4 is 17.3 Å². The Morgan fingerprint density at radius 1 is 1.35 bits per heavy atom. The van der Waals surface area contributed by atoms with Crippen molar-refractivity contribution in [3.63, 3.8) is 0 Å². The molecule has 4 heteroatoms. The van der Waals surface area contributed by atoms with Crippen LogP contribution in [0.1, 0.15) is 20.1 Å². The van der Waals surface area contributed by atoms with E-state index < -0.39 is 12.6 Å². The lowest BCUT2D eigenvalue weighted by Crippen LogP contribution is -1.94. The van der Waals surface area contributed by atoms with Gasteiger partial charge in [0.15, 0.2) is 0 Å². The third-order valence-electron chi connectivity index (χ3n) is 2.60. The molecule has 0 radical (unpaired) electrons. The quantitative estimate of drug-likeness (QED) is 0.897. The topological polar surface area (TPSA) is 37.3 Å². The van der Waals surface area contributed by atoms with E-state index in [-0.39, 0.29) is 4.88 Å².